The van der Waals surface area contributed by atoms with Crippen LogP contribution >= 0.6 is 0 Å². The highest BCUT2D eigenvalue weighted by Crippen LogP contribution is 2.55. The van der Waals surface area contributed by atoms with Gasteiger partial charge >= 0.3 is 0 Å². The largest absolute Gasteiger partial charge is 0.493 e. The molecular weight excluding hydrogens is 400 g/mol. The lowest BCUT2D eigenvalue weighted by molar-refractivity contribution is 0.0661. The molecule has 1 atom stereocenters. The van der Waals surface area contributed by atoms with Crippen LogP contribution in [0.5, 0.6) is 11.5 Å². The summed E-state index contributed by atoms with van der Waals surface area (Å²) >= 11 is 0. The van der Waals surface area contributed by atoms with E-state index in [0.717, 1.165) is 39.6 Å². The smallest absolute Gasteiger partial charge is 0.255 e. The summed E-state index contributed by atoms with van der Waals surface area (Å²) < 4.78 is 11.3. The van der Waals surface area contributed by atoms with E-state index in [1.165, 1.54) is 11.1 Å². The Morgan fingerprint density at radius 2 is 1.72 bits per heavy atom. The summed E-state index contributed by atoms with van der Waals surface area (Å²) in [5, 5.41) is 1.13. The number of hydrogen-bond donors (Lipinski definition) is 1. The minimum absolute atomic E-state index is 0.0723. The van der Waals surface area contributed by atoms with Crippen molar-refractivity contribution < 1.29 is 14.3 Å². The summed E-state index contributed by atoms with van der Waals surface area (Å²) in [6.45, 7) is 2.73. The van der Waals surface area contributed by atoms with Crippen molar-refractivity contribution in [2.75, 3.05) is 20.8 Å². The molecule has 0 unspecified atom stereocenters. The first-order valence-electron chi connectivity index (χ1n) is 10.8. The molecule has 4 aromatic rings. The van der Waals surface area contributed by atoms with E-state index in [1.54, 1.807) is 14.2 Å². The van der Waals surface area contributed by atoms with E-state index in [2.05, 4.69) is 54.5 Å². The van der Waals surface area contributed by atoms with Crippen LogP contribution in [0, 0.1) is 6.92 Å². The fourth-order valence-corrected chi connectivity index (χ4v) is 5.65. The van der Waals surface area contributed by atoms with Gasteiger partial charge in [0.15, 0.2) is 11.5 Å². The van der Waals surface area contributed by atoms with Gasteiger partial charge in [-0.05, 0) is 60.4 Å². The molecule has 0 fully saturated rings. The van der Waals surface area contributed by atoms with E-state index in [1.807, 2.05) is 23.1 Å². The lowest BCUT2D eigenvalue weighted by Crippen LogP contribution is -2.50. The van der Waals surface area contributed by atoms with Crippen molar-refractivity contribution >= 4 is 16.8 Å². The average Bonchev–Trinajstić information content (AvgIpc) is 3.35. The zero-order valence-electron chi connectivity index (χ0n) is 18.4. The molecule has 1 aromatic heterocycles. The third-order valence-electron chi connectivity index (χ3n) is 7.03. The molecule has 2 aliphatic heterocycles. The van der Waals surface area contributed by atoms with Crippen LogP contribution in [0.4, 0.5) is 0 Å². The van der Waals surface area contributed by atoms with Crippen LogP contribution in [0.3, 0.4) is 0 Å². The Kier molecular flexibility index (Phi) is 3.94. The van der Waals surface area contributed by atoms with Gasteiger partial charge in [-0.25, -0.2) is 0 Å². The zero-order valence-corrected chi connectivity index (χ0v) is 18.4. The van der Waals surface area contributed by atoms with Gasteiger partial charge < -0.3 is 19.4 Å². The zero-order chi connectivity index (χ0) is 22.0. The summed E-state index contributed by atoms with van der Waals surface area (Å²) in [6.07, 6.45) is 2.83. The van der Waals surface area contributed by atoms with E-state index in [-0.39, 0.29) is 5.91 Å². The van der Waals surface area contributed by atoms with Gasteiger partial charge in [0.2, 0.25) is 0 Å². The maximum absolute atomic E-state index is 13.7. The van der Waals surface area contributed by atoms with Gasteiger partial charge in [-0.2, -0.15) is 0 Å². The fourth-order valence-electron chi connectivity index (χ4n) is 5.65. The van der Waals surface area contributed by atoms with Gasteiger partial charge in [0.05, 0.1) is 14.2 Å². The number of methoxy groups -OCH3 is 2. The number of hydrogen-bond acceptors (Lipinski definition) is 3. The Hall–Kier alpha value is -3.73. The molecule has 0 spiro atoms. The van der Waals surface area contributed by atoms with Crippen LogP contribution in [0.15, 0.2) is 60.8 Å². The second kappa shape index (κ2) is 6.63. The molecule has 160 valence electrons. The maximum atomic E-state index is 13.7. The molecule has 1 N–H and O–H groups in total. The van der Waals surface area contributed by atoms with Gasteiger partial charge in [-0.1, -0.05) is 29.8 Å². The number of nitrogens with zero attached hydrogens (tertiary/aromatic N) is 1. The van der Waals surface area contributed by atoms with Crippen LogP contribution in [-0.2, 0) is 12.0 Å². The Bertz CT molecular complexity index is 1400. The predicted octanol–water partition coefficient (Wildman–Crippen LogP) is 4.80. The van der Waals surface area contributed by atoms with E-state index in [9.17, 15) is 4.79 Å². The SMILES string of the molecule is COc1cc2c(cc1OC)[C@]1(c3c[nH]c4ccc(C)cc34)c3ccccc3C(=O)N1CC2. The Morgan fingerprint density at radius 1 is 0.938 bits per heavy atom. The van der Waals surface area contributed by atoms with Gasteiger partial charge in [0.1, 0.15) is 5.54 Å². The Labute approximate surface area is 186 Å². The maximum Gasteiger partial charge on any atom is 0.255 e. The number of ether oxygens (including phenoxy) is 2. The summed E-state index contributed by atoms with van der Waals surface area (Å²) in [5.74, 6) is 1.45. The van der Waals surface area contributed by atoms with Gasteiger partial charge in [-0.3, -0.25) is 4.79 Å². The molecule has 3 aromatic carbocycles. The Balaban J connectivity index is 1.78. The topological polar surface area (TPSA) is 54.6 Å². The number of amides is 1. The molecule has 0 saturated carbocycles. The monoisotopic (exact) mass is 424 g/mol. The predicted molar refractivity (Wildman–Crippen MR) is 124 cm³/mol. The molecular formula is C27H24N2O3. The number of carbonyl (C=O) groups is 1. The third-order valence-corrected chi connectivity index (χ3v) is 7.03. The number of aromatic amines is 1. The molecule has 0 radical (unpaired) electrons. The average molecular weight is 425 g/mol. The van der Waals surface area contributed by atoms with Crippen molar-refractivity contribution in [2.24, 2.45) is 0 Å². The summed E-state index contributed by atoms with van der Waals surface area (Å²) in [4.78, 5) is 19.2. The van der Waals surface area contributed by atoms with E-state index in [4.69, 9.17) is 9.47 Å². The first-order chi connectivity index (χ1) is 15.6. The minimum Gasteiger partial charge on any atom is -0.493 e. The summed E-state index contributed by atoms with van der Waals surface area (Å²) in [6, 6.07) is 18.5. The van der Waals surface area contributed by atoms with E-state index in [0.29, 0.717) is 18.0 Å². The number of rotatable bonds is 3. The van der Waals surface area contributed by atoms with Crippen LogP contribution in [-0.4, -0.2) is 36.6 Å². The first-order valence-corrected chi connectivity index (χ1v) is 10.8. The highest BCUT2D eigenvalue weighted by Gasteiger charge is 2.55. The molecule has 5 heteroatoms. The van der Waals surface area contributed by atoms with Crippen molar-refractivity contribution in [3.63, 3.8) is 0 Å². The third kappa shape index (κ3) is 2.25. The number of carbonyl (C=O) groups excluding carboxylic acids is 1. The van der Waals surface area contributed by atoms with Crippen LogP contribution in [0.1, 0.15) is 38.2 Å². The molecule has 6 rings (SSSR count). The second-order valence-electron chi connectivity index (χ2n) is 8.58. The highest BCUT2D eigenvalue weighted by atomic mass is 16.5. The fraction of sp³-hybridized carbons (Fsp3) is 0.222. The molecule has 0 bridgehead atoms. The van der Waals surface area contributed by atoms with E-state index < -0.39 is 5.54 Å². The highest BCUT2D eigenvalue weighted by molar-refractivity contribution is 6.03. The van der Waals surface area contributed by atoms with Crippen molar-refractivity contribution in [3.8, 4) is 11.5 Å². The van der Waals surface area contributed by atoms with Crippen LogP contribution < -0.4 is 9.47 Å². The van der Waals surface area contributed by atoms with Crippen LogP contribution in [0.2, 0.25) is 0 Å². The summed E-state index contributed by atoms with van der Waals surface area (Å²) in [5.41, 5.74) is 6.62. The molecule has 1 amide bonds. The molecule has 32 heavy (non-hydrogen) atoms. The van der Waals surface area contributed by atoms with Crippen molar-refractivity contribution in [2.45, 2.75) is 18.9 Å². The number of benzene rings is 3. The lowest BCUT2D eigenvalue weighted by atomic mass is 9.72. The van der Waals surface area contributed by atoms with Crippen molar-refractivity contribution in [1.29, 1.82) is 0 Å². The van der Waals surface area contributed by atoms with Gasteiger partial charge in [-0.15, -0.1) is 0 Å². The van der Waals surface area contributed by atoms with Crippen LogP contribution in [0.25, 0.3) is 10.9 Å². The van der Waals surface area contributed by atoms with Gasteiger partial charge in [0, 0.05) is 34.8 Å². The molecule has 0 saturated heterocycles. The van der Waals surface area contributed by atoms with Crippen molar-refractivity contribution in [3.05, 3.63) is 94.2 Å². The number of aryl methyl sites for hydroxylation is 1. The number of aromatic nitrogens is 1. The molecule has 3 heterocycles. The molecule has 0 aliphatic carbocycles. The number of H-pyrrole nitrogens is 1. The number of fused-ring (bicyclic) bond motifs is 6. The molecule has 5 nitrogen and oxygen atoms in total. The minimum atomic E-state index is -0.729. The molecule has 2 aliphatic rings. The number of nitrogens with one attached hydrogen (secondary N) is 1. The normalized spacial score (nSPS) is 19.0. The summed E-state index contributed by atoms with van der Waals surface area (Å²) in [7, 11) is 3.31. The standard InChI is InChI=1S/C27H24N2O3/c1-16-8-9-23-19(12-16)22(15-28-23)27-20-7-5-4-6-18(20)26(30)29(27)11-10-17-13-24(31-2)25(32-3)14-21(17)27/h4-9,12-15,28H,10-11H2,1-3H3/t27-/m0/s1. The van der Waals surface area contributed by atoms with Gasteiger partial charge in [0.25, 0.3) is 5.91 Å². The lowest BCUT2D eigenvalue weighted by Gasteiger charge is -2.44. The quantitative estimate of drug-likeness (QED) is 0.514. The van der Waals surface area contributed by atoms with E-state index >= 15 is 0 Å². The first kappa shape index (κ1) is 19.0. The van der Waals surface area contributed by atoms with Crippen molar-refractivity contribution in [1.82, 2.24) is 9.88 Å². The second-order valence-corrected chi connectivity index (χ2v) is 8.58. The Morgan fingerprint density at radius 3 is 2.53 bits per heavy atom.